The molecule has 0 saturated carbocycles. The first kappa shape index (κ1) is 11.8. The van der Waals surface area contributed by atoms with Crippen molar-refractivity contribution in [3.8, 4) is 17.7 Å². The predicted molar refractivity (Wildman–Crippen MR) is 65.6 cm³/mol. The Bertz CT molecular complexity index is 613. The molecule has 0 radical (unpaired) electrons. The molecule has 0 N–H and O–H groups in total. The highest BCUT2D eigenvalue weighted by molar-refractivity contribution is 5.76. The topological polar surface area (TPSA) is 63.0 Å². The average Bonchev–Trinajstić information content (AvgIpc) is 2.40. The average molecular weight is 238 g/mol. The van der Waals surface area contributed by atoms with Crippen LogP contribution in [0.1, 0.15) is 21.6 Å². The van der Waals surface area contributed by atoms with Gasteiger partial charge in [0, 0.05) is 11.6 Å². The van der Waals surface area contributed by atoms with E-state index in [4.69, 9.17) is 10.00 Å². The minimum atomic E-state index is 0.419. The maximum Gasteiger partial charge on any atom is 0.219 e. The van der Waals surface area contributed by atoms with Gasteiger partial charge in [-0.1, -0.05) is 0 Å². The van der Waals surface area contributed by atoms with Crippen LogP contribution >= 0.6 is 0 Å². The van der Waals surface area contributed by atoms with Crippen LogP contribution in [0.15, 0.2) is 36.4 Å². The molecule has 0 aliphatic heterocycles. The number of nitrogens with zero attached hydrogens (tertiary/aromatic N) is 2. The van der Waals surface area contributed by atoms with Gasteiger partial charge in [0.1, 0.15) is 5.75 Å². The number of aryl methyl sites for hydroxylation is 1. The Morgan fingerprint density at radius 2 is 1.94 bits per heavy atom. The zero-order valence-corrected chi connectivity index (χ0v) is 9.75. The fraction of sp³-hybridized carbons (Fsp3) is 0.0714. The van der Waals surface area contributed by atoms with Crippen molar-refractivity contribution in [3.63, 3.8) is 0 Å². The molecule has 0 fully saturated rings. The summed E-state index contributed by atoms with van der Waals surface area (Å²) in [7, 11) is 0. The summed E-state index contributed by atoms with van der Waals surface area (Å²) in [4.78, 5) is 14.8. The molecule has 88 valence electrons. The molecule has 4 heteroatoms. The maximum atomic E-state index is 10.7. The number of carbonyl (C=O) groups is 1. The molecule has 0 bridgehead atoms. The third-order valence-electron chi connectivity index (χ3n) is 2.43. The van der Waals surface area contributed by atoms with Crippen LogP contribution in [-0.2, 0) is 0 Å². The van der Waals surface area contributed by atoms with Crippen molar-refractivity contribution in [2.45, 2.75) is 6.92 Å². The molecule has 1 aromatic heterocycles. The Hall–Kier alpha value is -2.67. The number of carbonyl (C=O) groups excluding carboxylic acids is 1. The Morgan fingerprint density at radius 1 is 1.22 bits per heavy atom. The Labute approximate surface area is 104 Å². The van der Waals surface area contributed by atoms with Gasteiger partial charge in [-0.3, -0.25) is 4.79 Å². The van der Waals surface area contributed by atoms with Crippen LogP contribution in [0.5, 0.6) is 11.6 Å². The molecule has 2 rings (SSSR count). The van der Waals surface area contributed by atoms with Crippen molar-refractivity contribution in [3.05, 3.63) is 53.2 Å². The van der Waals surface area contributed by atoms with Crippen molar-refractivity contribution in [1.82, 2.24) is 4.98 Å². The highest BCUT2D eigenvalue weighted by Crippen LogP contribution is 2.20. The quantitative estimate of drug-likeness (QED) is 0.771. The van der Waals surface area contributed by atoms with Crippen LogP contribution in [0.2, 0.25) is 0 Å². The second kappa shape index (κ2) is 5.11. The highest BCUT2D eigenvalue weighted by Gasteiger charge is 2.03. The molecule has 0 saturated heterocycles. The first-order valence-corrected chi connectivity index (χ1v) is 5.34. The van der Waals surface area contributed by atoms with Gasteiger partial charge in [-0.25, -0.2) is 4.98 Å². The zero-order valence-electron chi connectivity index (χ0n) is 9.75. The molecule has 2 aromatic rings. The lowest BCUT2D eigenvalue weighted by atomic mass is 10.2. The van der Waals surface area contributed by atoms with Crippen molar-refractivity contribution < 1.29 is 9.53 Å². The van der Waals surface area contributed by atoms with E-state index >= 15 is 0 Å². The van der Waals surface area contributed by atoms with Crippen LogP contribution in [0.3, 0.4) is 0 Å². The van der Waals surface area contributed by atoms with Crippen LogP contribution in [-0.4, -0.2) is 11.3 Å². The summed E-state index contributed by atoms with van der Waals surface area (Å²) in [5.74, 6) is 1.02. The molecule has 0 atom stereocenters. The summed E-state index contributed by atoms with van der Waals surface area (Å²) in [5, 5.41) is 8.68. The lowest BCUT2D eigenvalue weighted by Crippen LogP contribution is -1.94. The summed E-state index contributed by atoms with van der Waals surface area (Å²) in [6, 6.07) is 12.1. The molecule has 18 heavy (non-hydrogen) atoms. The highest BCUT2D eigenvalue weighted by atomic mass is 16.5. The molecular weight excluding hydrogens is 228 g/mol. The predicted octanol–water partition coefficient (Wildman–Crippen LogP) is 2.87. The van der Waals surface area contributed by atoms with E-state index in [2.05, 4.69) is 4.98 Å². The molecule has 0 amide bonds. The summed E-state index contributed by atoms with van der Waals surface area (Å²) in [5.41, 5.74) is 1.74. The standard InChI is InChI=1S/C14H10N2O2/c1-10-12(9-17)4-7-14(16-10)18-13-5-2-11(8-15)3-6-13/h2-7,9H,1H3. The van der Waals surface area contributed by atoms with Crippen LogP contribution < -0.4 is 4.74 Å². The molecular formula is C14H10N2O2. The number of nitriles is 1. The first-order valence-electron chi connectivity index (χ1n) is 5.34. The lowest BCUT2D eigenvalue weighted by Gasteiger charge is -2.06. The van der Waals surface area contributed by atoms with E-state index in [9.17, 15) is 4.79 Å². The fourth-order valence-corrected chi connectivity index (χ4v) is 1.45. The smallest absolute Gasteiger partial charge is 0.219 e. The fourth-order valence-electron chi connectivity index (χ4n) is 1.45. The Balaban J connectivity index is 2.20. The number of aldehydes is 1. The van der Waals surface area contributed by atoms with Crippen molar-refractivity contribution in [2.75, 3.05) is 0 Å². The van der Waals surface area contributed by atoms with Crippen molar-refractivity contribution in [2.24, 2.45) is 0 Å². The van der Waals surface area contributed by atoms with Gasteiger partial charge in [-0.05, 0) is 37.3 Å². The molecule has 4 nitrogen and oxygen atoms in total. The molecule has 1 aromatic carbocycles. The number of hydrogen-bond donors (Lipinski definition) is 0. The number of pyridine rings is 1. The lowest BCUT2D eigenvalue weighted by molar-refractivity contribution is 0.112. The van der Waals surface area contributed by atoms with E-state index in [1.54, 1.807) is 43.3 Å². The number of ether oxygens (including phenoxy) is 1. The second-order valence-electron chi connectivity index (χ2n) is 3.68. The molecule has 1 heterocycles. The first-order chi connectivity index (χ1) is 8.72. The normalized spacial score (nSPS) is 9.56. The van der Waals surface area contributed by atoms with E-state index in [1.807, 2.05) is 6.07 Å². The molecule has 0 aliphatic carbocycles. The number of hydrogen-bond acceptors (Lipinski definition) is 4. The van der Waals surface area contributed by atoms with E-state index in [0.717, 1.165) is 6.29 Å². The summed E-state index contributed by atoms with van der Waals surface area (Å²) < 4.78 is 5.52. The SMILES string of the molecule is Cc1nc(Oc2ccc(C#N)cc2)ccc1C=O. The number of benzene rings is 1. The second-order valence-corrected chi connectivity index (χ2v) is 3.68. The third-order valence-corrected chi connectivity index (χ3v) is 2.43. The van der Waals surface area contributed by atoms with Gasteiger partial charge in [-0.15, -0.1) is 0 Å². The van der Waals surface area contributed by atoms with Crippen molar-refractivity contribution >= 4 is 6.29 Å². The maximum absolute atomic E-state index is 10.7. The van der Waals surface area contributed by atoms with Gasteiger partial charge in [0.2, 0.25) is 5.88 Å². The van der Waals surface area contributed by atoms with Crippen molar-refractivity contribution in [1.29, 1.82) is 5.26 Å². The third kappa shape index (κ3) is 2.53. The minimum absolute atomic E-state index is 0.419. The van der Waals surface area contributed by atoms with Gasteiger partial charge in [-0.2, -0.15) is 5.26 Å². The Morgan fingerprint density at radius 3 is 2.50 bits per heavy atom. The van der Waals surface area contributed by atoms with E-state index in [1.165, 1.54) is 0 Å². The van der Waals surface area contributed by atoms with Gasteiger partial charge in [0.25, 0.3) is 0 Å². The summed E-state index contributed by atoms with van der Waals surface area (Å²) >= 11 is 0. The van der Waals surface area contributed by atoms with Crippen LogP contribution in [0.25, 0.3) is 0 Å². The van der Waals surface area contributed by atoms with Gasteiger partial charge >= 0.3 is 0 Å². The molecule has 0 spiro atoms. The Kier molecular flexibility index (Phi) is 3.35. The monoisotopic (exact) mass is 238 g/mol. The summed E-state index contributed by atoms with van der Waals surface area (Å²) in [6.45, 7) is 1.75. The zero-order chi connectivity index (χ0) is 13.0. The van der Waals surface area contributed by atoms with Crippen LogP contribution in [0.4, 0.5) is 0 Å². The van der Waals surface area contributed by atoms with Gasteiger partial charge < -0.3 is 4.74 Å². The molecule has 0 unspecified atom stereocenters. The summed E-state index contributed by atoms with van der Waals surface area (Å²) in [6.07, 6.45) is 0.758. The van der Waals surface area contributed by atoms with Gasteiger partial charge in [0.05, 0.1) is 17.3 Å². The number of aromatic nitrogens is 1. The van der Waals surface area contributed by atoms with Gasteiger partial charge in [0.15, 0.2) is 6.29 Å². The molecule has 0 aliphatic rings. The number of rotatable bonds is 3. The van der Waals surface area contributed by atoms with Crippen LogP contribution in [0, 0.1) is 18.3 Å². The van der Waals surface area contributed by atoms with E-state index < -0.39 is 0 Å². The largest absolute Gasteiger partial charge is 0.439 e. The minimum Gasteiger partial charge on any atom is -0.439 e. The van der Waals surface area contributed by atoms with E-state index in [-0.39, 0.29) is 0 Å². The van der Waals surface area contributed by atoms with E-state index in [0.29, 0.717) is 28.5 Å².